The average molecular weight is 666 g/mol. The predicted molar refractivity (Wildman–Crippen MR) is 209 cm³/mol. The molecule has 3 heterocycles. The Labute approximate surface area is 298 Å². The van der Waals surface area contributed by atoms with Gasteiger partial charge in [-0.2, -0.15) is 0 Å². The Morgan fingerprint density at radius 2 is 1.06 bits per heavy atom. The maximum atomic E-state index is 8.02. The molecule has 0 unspecified atom stereocenters. The molecule has 52 heavy (non-hydrogen) atoms. The highest BCUT2D eigenvalue weighted by Crippen LogP contribution is 2.42. The van der Waals surface area contributed by atoms with Crippen molar-refractivity contribution in [3.8, 4) is 51.0 Å². The predicted octanol–water partition coefficient (Wildman–Crippen LogP) is 12.1. The Balaban J connectivity index is 1.31. The summed E-state index contributed by atoms with van der Waals surface area (Å²) in [6.45, 7) is 8.02. The molecule has 0 N–H and O–H groups in total. The smallest absolute Gasteiger partial charge is 0.194 e. The van der Waals surface area contributed by atoms with Gasteiger partial charge in [0.2, 0.25) is 0 Å². The van der Waals surface area contributed by atoms with E-state index in [1.165, 1.54) is 0 Å². The summed E-state index contributed by atoms with van der Waals surface area (Å²) >= 11 is 0. The molecule has 6 nitrogen and oxygen atoms in total. The van der Waals surface area contributed by atoms with Crippen LogP contribution in [0.1, 0.15) is 0 Å². The fourth-order valence-electron chi connectivity index (χ4n) is 7.28. The van der Waals surface area contributed by atoms with Gasteiger partial charge in [-0.1, -0.05) is 127 Å². The molecule has 0 bridgehead atoms. The Morgan fingerprint density at radius 1 is 0.481 bits per heavy atom. The van der Waals surface area contributed by atoms with E-state index >= 15 is 0 Å². The number of rotatable bonds is 5. The van der Waals surface area contributed by atoms with E-state index in [0.29, 0.717) is 23.2 Å². The van der Waals surface area contributed by atoms with Gasteiger partial charge < -0.3 is 8.98 Å². The van der Waals surface area contributed by atoms with E-state index in [1.807, 2.05) is 103 Å². The molecule has 0 amide bonds. The molecule has 10 rings (SSSR count). The number of furan rings is 1. The molecule has 0 aliphatic heterocycles. The maximum absolute atomic E-state index is 8.02. The molecule has 0 aliphatic rings. The van der Waals surface area contributed by atoms with Gasteiger partial charge >= 0.3 is 0 Å². The van der Waals surface area contributed by atoms with E-state index in [4.69, 9.17) is 25.9 Å². The summed E-state index contributed by atoms with van der Waals surface area (Å²) in [7, 11) is 0. The molecular formula is C46H27N5O. The molecule has 0 atom stereocenters. The van der Waals surface area contributed by atoms with E-state index in [9.17, 15) is 0 Å². The van der Waals surface area contributed by atoms with Crippen molar-refractivity contribution in [2.75, 3.05) is 0 Å². The van der Waals surface area contributed by atoms with Gasteiger partial charge in [0, 0.05) is 43.9 Å². The monoisotopic (exact) mass is 665 g/mol. The fraction of sp³-hybridized carbons (Fsp3) is 0. The van der Waals surface area contributed by atoms with Crippen LogP contribution >= 0.6 is 0 Å². The summed E-state index contributed by atoms with van der Waals surface area (Å²) < 4.78 is 8.94. The summed E-state index contributed by atoms with van der Waals surface area (Å²) in [4.78, 5) is 19.0. The van der Waals surface area contributed by atoms with Gasteiger partial charge in [-0.25, -0.2) is 19.8 Å². The van der Waals surface area contributed by atoms with Crippen molar-refractivity contribution < 1.29 is 4.42 Å². The first kappa shape index (κ1) is 29.5. The molecule has 0 saturated carbocycles. The zero-order valence-electron chi connectivity index (χ0n) is 27.7. The Morgan fingerprint density at radius 3 is 1.79 bits per heavy atom. The molecule has 0 aliphatic carbocycles. The Hall–Kier alpha value is -7.36. The zero-order chi connectivity index (χ0) is 34.6. The second-order valence-electron chi connectivity index (χ2n) is 12.7. The highest BCUT2D eigenvalue weighted by Gasteiger charge is 2.21. The summed E-state index contributed by atoms with van der Waals surface area (Å²) in [6.07, 6.45) is 0. The van der Waals surface area contributed by atoms with Crippen LogP contribution in [-0.4, -0.2) is 19.5 Å². The van der Waals surface area contributed by atoms with E-state index in [2.05, 4.69) is 70.1 Å². The molecule has 242 valence electrons. The SMILES string of the molecule is [C-]#[N+]c1ccccc1-c1cc(-c2nc(-c3ccccc3)nc(-c3ccccc3)n2)cc(-n2c3ccccc3c3ccc4c5ccccc5oc4c32)c1. The first-order chi connectivity index (χ1) is 25.7. The normalized spacial score (nSPS) is 11.4. The lowest BCUT2D eigenvalue weighted by Gasteiger charge is -2.15. The summed E-state index contributed by atoms with van der Waals surface area (Å²) in [6, 6.07) is 55.0. The quantitative estimate of drug-likeness (QED) is 0.172. The van der Waals surface area contributed by atoms with Crippen LogP contribution in [0.5, 0.6) is 0 Å². The van der Waals surface area contributed by atoms with Crippen LogP contribution in [0.25, 0.3) is 99.6 Å². The van der Waals surface area contributed by atoms with Crippen molar-refractivity contribution in [2.24, 2.45) is 0 Å². The molecule has 0 spiro atoms. The van der Waals surface area contributed by atoms with Crippen molar-refractivity contribution in [2.45, 2.75) is 0 Å². The molecule has 6 heteroatoms. The minimum Gasteiger partial charge on any atom is -0.454 e. The largest absolute Gasteiger partial charge is 0.454 e. The van der Waals surface area contributed by atoms with Crippen LogP contribution in [0.2, 0.25) is 0 Å². The van der Waals surface area contributed by atoms with Crippen molar-refractivity contribution in [3.05, 3.63) is 175 Å². The van der Waals surface area contributed by atoms with Crippen LogP contribution in [0.3, 0.4) is 0 Å². The average Bonchev–Trinajstić information content (AvgIpc) is 3.77. The lowest BCUT2D eigenvalue weighted by atomic mass is 9.99. The van der Waals surface area contributed by atoms with Crippen molar-refractivity contribution in [3.63, 3.8) is 0 Å². The summed E-state index contributed by atoms with van der Waals surface area (Å²) in [5.41, 5.74) is 9.44. The number of benzene rings is 7. The third-order valence-corrected chi connectivity index (χ3v) is 9.65. The fourth-order valence-corrected chi connectivity index (χ4v) is 7.28. The van der Waals surface area contributed by atoms with E-state index in [0.717, 1.165) is 77.2 Å². The third kappa shape index (κ3) is 4.76. The first-order valence-corrected chi connectivity index (χ1v) is 17.1. The lowest BCUT2D eigenvalue weighted by molar-refractivity contribution is 0.671. The third-order valence-electron chi connectivity index (χ3n) is 9.65. The Kier molecular flexibility index (Phi) is 6.76. The highest BCUT2D eigenvalue weighted by molar-refractivity contribution is 6.21. The highest BCUT2D eigenvalue weighted by atomic mass is 16.3. The van der Waals surface area contributed by atoms with Crippen LogP contribution in [-0.2, 0) is 0 Å². The van der Waals surface area contributed by atoms with Crippen LogP contribution < -0.4 is 0 Å². The van der Waals surface area contributed by atoms with Crippen LogP contribution in [0.4, 0.5) is 5.69 Å². The van der Waals surface area contributed by atoms with Gasteiger partial charge in [0.05, 0.1) is 17.6 Å². The molecule has 3 aromatic heterocycles. The van der Waals surface area contributed by atoms with E-state index < -0.39 is 0 Å². The lowest BCUT2D eigenvalue weighted by Crippen LogP contribution is -2.02. The van der Waals surface area contributed by atoms with Gasteiger partial charge in [0.1, 0.15) is 5.58 Å². The number of para-hydroxylation sites is 3. The van der Waals surface area contributed by atoms with Crippen LogP contribution in [0.15, 0.2) is 168 Å². The number of hydrogen-bond acceptors (Lipinski definition) is 4. The number of hydrogen-bond donors (Lipinski definition) is 0. The van der Waals surface area contributed by atoms with E-state index in [1.54, 1.807) is 0 Å². The maximum Gasteiger partial charge on any atom is 0.194 e. The topological polar surface area (TPSA) is 61.1 Å². The number of nitrogens with zero attached hydrogens (tertiary/aromatic N) is 5. The standard InChI is InChI=1S/C46H27N5O/c1-47-39-21-11-8-18-34(39)31-26-32(46-49-44(29-14-4-2-5-15-29)48-45(50-46)30-16-6-3-7-17-30)28-33(27-31)51-40-22-12-9-19-35(40)37-24-25-38-36-20-10-13-23-41(36)52-43(38)42(37)51/h2-28H. The number of fused-ring (bicyclic) bond motifs is 7. The minimum atomic E-state index is 0.533. The zero-order valence-corrected chi connectivity index (χ0v) is 27.7. The molecule has 7 aromatic carbocycles. The first-order valence-electron chi connectivity index (χ1n) is 17.1. The van der Waals surface area contributed by atoms with Crippen molar-refractivity contribution >= 4 is 49.4 Å². The Bertz CT molecular complexity index is 2970. The second-order valence-corrected chi connectivity index (χ2v) is 12.7. The molecule has 0 radical (unpaired) electrons. The van der Waals surface area contributed by atoms with Crippen molar-refractivity contribution in [1.82, 2.24) is 19.5 Å². The van der Waals surface area contributed by atoms with Crippen molar-refractivity contribution in [1.29, 1.82) is 0 Å². The summed E-state index contributed by atoms with van der Waals surface area (Å²) in [5, 5.41) is 4.34. The van der Waals surface area contributed by atoms with Crippen LogP contribution in [0, 0.1) is 6.57 Å². The van der Waals surface area contributed by atoms with Gasteiger partial charge in [-0.15, -0.1) is 0 Å². The molecule has 0 saturated heterocycles. The van der Waals surface area contributed by atoms with Gasteiger partial charge in [-0.05, 0) is 47.5 Å². The van der Waals surface area contributed by atoms with Gasteiger partial charge in [0.15, 0.2) is 28.7 Å². The summed E-state index contributed by atoms with van der Waals surface area (Å²) in [5.74, 6) is 1.70. The molecular weight excluding hydrogens is 639 g/mol. The number of aromatic nitrogens is 4. The minimum absolute atomic E-state index is 0.533. The van der Waals surface area contributed by atoms with Gasteiger partial charge in [0.25, 0.3) is 0 Å². The van der Waals surface area contributed by atoms with E-state index in [-0.39, 0.29) is 0 Å². The molecule has 0 fully saturated rings. The second kappa shape index (κ2) is 11.9. The van der Waals surface area contributed by atoms with Gasteiger partial charge in [-0.3, -0.25) is 0 Å². The molecule has 10 aromatic rings.